The summed E-state index contributed by atoms with van der Waals surface area (Å²) in [7, 11) is -3.58. The molecule has 3 heterocycles. The number of sulfonamides is 1. The number of piperidine rings is 1. The highest BCUT2D eigenvalue weighted by Crippen LogP contribution is 2.26. The van der Waals surface area contributed by atoms with Crippen molar-refractivity contribution in [2.75, 3.05) is 45.9 Å². The van der Waals surface area contributed by atoms with Crippen molar-refractivity contribution < 1.29 is 17.6 Å². The monoisotopic (exact) mass is 381 g/mol. The van der Waals surface area contributed by atoms with Crippen LogP contribution in [0.3, 0.4) is 0 Å². The molecule has 0 unspecified atom stereocenters. The zero-order valence-corrected chi connectivity index (χ0v) is 15.3. The first kappa shape index (κ1) is 17.7. The summed E-state index contributed by atoms with van der Waals surface area (Å²) >= 11 is 0. The molecule has 0 spiro atoms. The minimum absolute atomic E-state index is 0.166. The molecule has 0 amide bonds. The average Bonchev–Trinajstić information content (AvgIpc) is 3.02. The van der Waals surface area contributed by atoms with Crippen LogP contribution in [0.5, 0.6) is 0 Å². The molecule has 2 aliphatic rings. The number of nitrogens with zero attached hydrogens (tertiary/aromatic N) is 2. The predicted molar refractivity (Wildman–Crippen MR) is 95.6 cm³/mol. The molecule has 1 aromatic carbocycles. The Balaban J connectivity index is 1.42. The lowest BCUT2D eigenvalue weighted by Gasteiger charge is -2.35. The van der Waals surface area contributed by atoms with Gasteiger partial charge in [-0.25, -0.2) is 13.2 Å². The van der Waals surface area contributed by atoms with E-state index in [4.69, 9.17) is 9.15 Å². The Kier molecular flexibility index (Phi) is 4.87. The van der Waals surface area contributed by atoms with E-state index in [-0.39, 0.29) is 10.5 Å². The van der Waals surface area contributed by atoms with Crippen molar-refractivity contribution in [1.29, 1.82) is 0 Å². The zero-order valence-electron chi connectivity index (χ0n) is 14.5. The molecule has 2 fully saturated rings. The third-order valence-electron chi connectivity index (χ3n) is 5.22. The Bertz CT molecular complexity index is 921. The molecular formula is C17H23N3O5S. The number of ether oxygens (including phenoxy) is 1. The number of nitrogens with one attached hydrogen (secondary N) is 1. The second-order valence-electron chi connectivity index (χ2n) is 6.93. The van der Waals surface area contributed by atoms with Gasteiger partial charge in [0.2, 0.25) is 10.0 Å². The summed E-state index contributed by atoms with van der Waals surface area (Å²) in [6.45, 7) is 5.54. The van der Waals surface area contributed by atoms with Crippen molar-refractivity contribution in [2.45, 2.75) is 17.7 Å². The van der Waals surface area contributed by atoms with E-state index in [1.165, 1.54) is 16.4 Å². The number of morpholine rings is 1. The van der Waals surface area contributed by atoms with Crippen molar-refractivity contribution in [3.8, 4) is 0 Å². The number of H-pyrrole nitrogens is 1. The van der Waals surface area contributed by atoms with Gasteiger partial charge >= 0.3 is 5.76 Å². The molecule has 1 N–H and O–H groups in total. The first-order valence-corrected chi connectivity index (χ1v) is 10.4. The number of aromatic nitrogens is 1. The minimum Gasteiger partial charge on any atom is -0.408 e. The maximum Gasteiger partial charge on any atom is 0.417 e. The Labute approximate surface area is 151 Å². The van der Waals surface area contributed by atoms with Crippen LogP contribution in [0.25, 0.3) is 11.1 Å². The Morgan fingerprint density at radius 2 is 1.85 bits per heavy atom. The van der Waals surface area contributed by atoms with Crippen LogP contribution in [-0.4, -0.2) is 68.5 Å². The van der Waals surface area contributed by atoms with Gasteiger partial charge in [0.25, 0.3) is 0 Å². The third-order valence-corrected chi connectivity index (χ3v) is 7.12. The Morgan fingerprint density at radius 1 is 1.12 bits per heavy atom. The maximum atomic E-state index is 12.9. The van der Waals surface area contributed by atoms with Gasteiger partial charge in [0.15, 0.2) is 5.58 Å². The normalized spacial score (nSPS) is 21.4. The molecular weight excluding hydrogens is 358 g/mol. The first-order chi connectivity index (χ1) is 12.5. The van der Waals surface area contributed by atoms with Gasteiger partial charge in [-0.1, -0.05) is 0 Å². The fraction of sp³-hybridized carbons (Fsp3) is 0.588. The number of rotatable bonds is 4. The lowest BCUT2D eigenvalue weighted by Crippen LogP contribution is -2.44. The summed E-state index contributed by atoms with van der Waals surface area (Å²) in [6, 6.07) is 4.50. The van der Waals surface area contributed by atoms with Crippen LogP contribution in [0.2, 0.25) is 0 Å². The SMILES string of the molecule is O=c1[nH]c2ccc(S(=O)(=O)N3CCC(CN4CCOCC4)CC3)cc2o1. The Morgan fingerprint density at radius 3 is 2.58 bits per heavy atom. The van der Waals surface area contributed by atoms with Gasteiger partial charge in [0.05, 0.1) is 23.6 Å². The van der Waals surface area contributed by atoms with Gasteiger partial charge in [-0.3, -0.25) is 9.88 Å². The number of benzene rings is 1. The van der Waals surface area contributed by atoms with E-state index in [2.05, 4.69) is 9.88 Å². The van der Waals surface area contributed by atoms with Crippen LogP contribution >= 0.6 is 0 Å². The standard InChI is InChI=1S/C17H23N3O5S/c21-17-18-15-2-1-14(11-16(15)25-17)26(22,23)20-5-3-13(4-6-20)12-19-7-9-24-10-8-19/h1-2,11,13H,3-10,12H2,(H,18,21). The summed E-state index contributed by atoms with van der Waals surface area (Å²) in [5.41, 5.74) is 0.761. The number of fused-ring (bicyclic) bond motifs is 1. The molecule has 0 saturated carbocycles. The molecule has 142 valence electrons. The second-order valence-corrected chi connectivity index (χ2v) is 8.87. The van der Waals surface area contributed by atoms with Crippen molar-refractivity contribution in [2.24, 2.45) is 5.92 Å². The quantitative estimate of drug-likeness (QED) is 0.844. The van der Waals surface area contributed by atoms with Gasteiger partial charge in [-0.2, -0.15) is 4.31 Å². The lowest BCUT2D eigenvalue weighted by molar-refractivity contribution is 0.0269. The number of hydrogen-bond acceptors (Lipinski definition) is 6. The van der Waals surface area contributed by atoms with E-state index >= 15 is 0 Å². The third kappa shape index (κ3) is 3.57. The van der Waals surface area contributed by atoms with E-state index in [1.807, 2.05) is 0 Å². The summed E-state index contributed by atoms with van der Waals surface area (Å²) in [5.74, 6) is -0.0665. The number of oxazole rings is 1. The molecule has 0 aliphatic carbocycles. The topological polar surface area (TPSA) is 95.8 Å². The predicted octanol–water partition coefficient (Wildman–Crippen LogP) is 0.854. The van der Waals surface area contributed by atoms with Crippen LogP contribution in [0.15, 0.2) is 32.3 Å². The van der Waals surface area contributed by atoms with Crippen LogP contribution in [0, 0.1) is 5.92 Å². The molecule has 0 atom stereocenters. The first-order valence-electron chi connectivity index (χ1n) is 8.95. The summed E-state index contributed by atoms with van der Waals surface area (Å²) < 4.78 is 37.7. The van der Waals surface area contributed by atoms with E-state index in [0.29, 0.717) is 24.5 Å². The highest BCUT2D eigenvalue weighted by molar-refractivity contribution is 7.89. The number of aromatic amines is 1. The van der Waals surface area contributed by atoms with Gasteiger partial charge in [-0.15, -0.1) is 0 Å². The van der Waals surface area contributed by atoms with Crippen LogP contribution in [-0.2, 0) is 14.8 Å². The maximum absolute atomic E-state index is 12.9. The van der Waals surface area contributed by atoms with Crippen LogP contribution < -0.4 is 5.76 Å². The largest absolute Gasteiger partial charge is 0.417 e. The minimum atomic E-state index is -3.58. The van der Waals surface area contributed by atoms with Crippen molar-refractivity contribution in [3.05, 3.63) is 28.7 Å². The molecule has 8 nitrogen and oxygen atoms in total. The van der Waals surface area contributed by atoms with E-state index in [0.717, 1.165) is 45.7 Å². The van der Waals surface area contributed by atoms with Crippen LogP contribution in [0.1, 0.15) is 12.8 Å². The molecule has 4 rings (SSSR count). The molecule has 9 heteroatoms. The van der Waals surface area contributed by atoms with E-state index < -0.39 is 15.8 Å². The van der Waals surface area contributed by atoms with E-state index in [1.54, 1.807) is 6.07 Å². The summed E-state index contributed by atoms with van der Waals surface area (Å²) in [5, 5.41) is 0. The highest BCUT2D eigenvalue weighted by Gasteiger charge is 2.30. The van der Waals surface area contributed by atoms with Gasteiger partial charge in [0.1, 0.15) is 0 Å². The lowest BCUT2D eigenvalue weighted by atomic mass is 9.97. The second kappa shape index (κ2) is 7.15. The fourth-order valence-corrected chi connectivity index (χ4v) is 5.20. The number of hydrogen-bond donors (Lipinski definition) is 1. The smallest absolute Gasteiger partial charge is 0.408 e. The molecule has 2 aromatic rings. The van der Waals surface area contributed by atoms with Crippen molar-refractivity contribution >= 4 is 21.1 Å². The molecule has 26 heavy (non-hydrogen) atoms. The van der Waals surface area contributed by atoms with E-state index in [9.17, 15) is 13.2 Å². The molecule has 2 saturated heterocycles. The summed E-state index contributed by atoms with van der Waals surface area (Å²) in [6.07, 6.45) is 1.72. The average molecular weight is 381 g/mol. The fourth-order valence-electron chi connectivity index (χ4n) is 3.72. The highest BCUT2D eigenvalue weighted by atomic mass is 32.2. The molecule has 1 aromatic heterocycles. The van der Waals surface area contributed by atoms with Gasteiger partial charge in [-0.05, 0) is 30.9 Å². The van der Waals surface area contributed by atoms with Crippen molar-refractivity contribution in [3.63, 3.8) is 0 Å². The van der Waals surface area contributed by atoms with Crippen LogP contribution in [0.4, 0.5) is 0 Å². The van der Waals surface area contributed by atoms with Crippen molar-refractivity contribution in [1.82, 2.24) is 14.2 Å². The summed E-state index contributed by atoms with van der Waals surface area (Å²) in [4.78, 5) is 16.3. The zero-order chi connectivity index (χ0) is 18.1. The van der Waals surface area contributed by atoms with Gasteiger partial charge < -0.3 is 9.15 Å². The molecule has 0 radical (unpaired) electrons. The molecule has 0 bridgehead atoms. The van der Waals surface area contributed by atoms with Gasteiger partial charge in [0, 0.05) is 38.8 Å². The Hall–Kier alpha value is -1.68. The molecule has 2 aliphatic heterocycles.